The molecule has 2 aromatic rings. The van der Waals surface area contributed by atoms with Crippen LogP contribution < -0.4 is 10.1 Å². The van der Waals surface area contributed by atoms with Gasteiger partial charge in [0.1, 0.15) is 11.8 Å². The van der Waals surface area contributed by atoms with Gasteiger partial charge in [-0.1, -0.05) is 47.5 Å². The first kappa shape index (κ1) is 14.5. The van der Waals surface area contributed by atoms with E-state index in [-0.39, 0.29) is 6.61 Å². The molecule has 20 heavy (non-hydrogen) atoms. The number of hydrogen-bond acceptors (Lipinski definition) is 3. The highest BCUT2D eigenvalue weighted by Gasteiger charge is 2.06. The summed E-state index contributed by atoms with van der Waals surface area (Å²) < 4.78 is 5.37. The zero-order valence-corrected chi connectivity index (χ0v) is 12.1. The number of nitrogens with zero attached hydrogens (tertiary/aromatic N) is 1. The molecule has 0 radical (unpaired) electrons. The second kappa shape index (κ2) is 7.04. The predicted octanol–water partition coefficient (Wildman–Crippen LogP) is 4.51. The van der Waals surface area contributed by atoms with Gasteiger partial charge in [0.05, 0.1) is 15.7 Å². The van der Waals surface area contributed by atoms with E-state index >= 15 is 0 Å². The highest BCUT2D eigenvalue weighted by atomic mass is 35.5. The summed E-state index contributed by atoms with van der Waals surface area (Å²) in [4.78, 5) is 0. The largest absolute Gasteiger partial charge is 0.478 e. The summed E-state index contributed by atoms with van der Waals surface area (Å²) in [6.45, 7) is 0.552. The van der Waals surface area contributed by atoms with Crippen molar-refractivity contribution in [1.29, 1.82) is 5.26 Å². The molecule has 5 heteroatoms. The molecule has 0 fully saturated rings. The Balaban J connectivity index is 2.11. The number of rotatable bonds is 5. The monoisotopic (exact) mass is 306 g/mol. The van der Waals surface area contributed by atoms with Crippen molar-refractivity contribution in [3.8, 4) is 11.8 Å². The fourth-order valence-electron chi connectivity index (χ4n) is 1.73. The Morgan fingerprint density at radius 3 is 2.70 bits per heavy atom. The highest BCUT2D eigenvalue weighted by molar-refractivity contribution is 6.43. The lowest BCUT2D eigenvalue weighted by Gasteiger charge is -2.12. The van der Waals surface area contributed by atoms with Crippen molar-refractivity contribution in [2.24, 2.45) is 0 Å². The minimum absolute atomic E-state index is 0.0228. The zero-order chi connectivity index (χ0) is 14.4. The molecule has 0 unspecified atom stereocenters. The number of halogens is 2. The SMILES string of the molecule is N#CCOc1ccccc1CNc1cccc(Cl)c1Cl. The van der Waals surface area contributed by atoms with Gasteiger partial charge in [-0.25, -0.2) is 0 Å². The van der Waals surface area contributed by atoms with Crippen molar-refractivity contribution < 1.29 is 4.74 Å². The van der Waals surface area contributed by atoms with Crippen LogP contribution in [0.3, 0.4) is 0 Å². The van der Waals surface area contributed by atoms with E-state index in [1.165, 1.54) is 0 Å². The summed E-state index contributed by atoms with van der Waals surface area (Å²) in [7, 11) is 0. The van der Waals surface area contributed by atoms with Gasteiger partial charge in [-0.15, -0.1) is 0 Å². The van der Waals surface area contributed by atoms with Crippen molar-refractivity contribution in [3.05, 3.63) is 58.1 Å². The minimum Gasteiger partial charge on any atom is -0.478 e. The number of para-hydroxylation sites is 1. The molecule has 0 saturated heterocycles. The number of hydrogen-bond donors (Lipinski definition) is 1. The molecule has 0 aromatic heterocycles. The number of benzene rings is 2. The molecule has 0 saturated carbocycles. The molecule has 0 aliphatic carbocycles. The van der Waals surface area contributed by atoms with Gasteiger partial charge >= 0.3 is 0 Å². The smallest absolute Gasteiger partial charge is 0.174 e. The summed E-state index contributed by atoms with van der Waals surface area (Å²) in [6.07, 6.45) is 0. The Bertz CT molecular complexity index is 638. The Kier molecular flexibility index (Phi) is 5.11. The molecule has 2 rings (SSSR count). The zero-order valence-electron chi connectivity index (χ0n) is 10.6. The molecular formula is C15H12Cl2N2O. The Hall–Kier alpha value is -1.89. The second-order valence-electron chi connectivity index (χ2n) is 4.01. The number of nitrogens with one attached hydrogen (secondary N) is 1. The fourth-order valence-corrected chi connectivity index (χ4v) is 2.10. The van der Waals surface area contributed by atoms with Gasteiger partial charge < -0.3 is 10.1 Å². The van der Waals surface area contributed by atoms with Gasteiger partial charge in [-0.3, -0.25) is 0 Å². The summed E-state index contributed by atoms with van der Waals surface area (Å²) in [5.74, 6) is 0.680. The van der Waals surface area contributed by atoms with Crippen LogP contribution in [0.15, 0.2) is 42.5 Å². The van der Waals surface area contributed by atoms with Gasteiger partial charge in [-0.2, -0.15) is 5.26 Å². The number of anilines is 1. The highest BCUT2D eigenvalue weighted by Crippen LogP contribution is 2.30. The third-order valence-corrected chi connectivity index (χ3v) is 3.50. The second-order valence-corrected chi connectivity index (χ2v) is 4.79. The van der Waals surface area contributed by atoms with E-state index in [1.54, 1.807) is 6.07 Å². The van der Waals surface area contributed by atoms with E-state index in [0.717, 1.165) is 11.3 Å². The molecule has 102 valence electrons. The van der Waals surface area contributed by atoms with Crippen LogP contribution in [0.2, 0.25) is 10.0 Å². The Labute approximate surface area is 127 Å². The first-order valence-corrected chi connectivity index (χ1v) is 6.73. The lowest BCUT2D eigenvalue weighted by Crippen LogP contribution is -2.04. The Morgan fingerprint density at radius 2 is 1.90 bits per heavy atom. The van der Waals surface area contributed by atoms with Gasteiger partial charge in [0, 0.05) is 12.1 Å². The van der Waals surface area contributed by atoms with Crippen molar-refractivity contribution in [2.45, 2.75) is 6.54 Å². The Morgan fingerprint density at radius 1 is 1.10 bits per heavy atom. The van der Waals surface area contributed by atoms with Crippen LogP contribution >= 0.6 is 23.2 Å². The molecule has 1 N–H and O–H groups in total. The predicted molar refractivity (Wildman–Crippen MR) is 81.3 cm³/mol. The standard InChI is InChI=1S/C15H12Cl2N2O/c16-12-5-3-6-13(15(12)17)19-10-11-4-1-2-7-14(11)20-9-8-18/h1-7,19H,9-10H2. The summed E-state index contributed by atoms with van der Waals surface area (Å²) in [5, 5.41) is 12.8. The van der Waals surface area contributed by atoms with Crippen LogP contribution in [0, 0.1) is 11.3 Å². The van der Waals surface area contributed by atoms with E-state index in [4.69, 9.17) is 33.2 Å². The molecular weight excluding hydrogens is 295 g/mol. The third-order valence-electron chi connectivity index (χ3n) is 2.69. The van der Waals surface area contributed by atoms with Crippen molar-refractivity contribution in [3.63, 3.8) is 0 Å². The molecule has 0 amide bonds. The quantitative estimate of drug-likeness (QED) is 0.884. The molecule has 0 aliphatic rings. The molecule has 0 aliphatic heterocycles. The van der Waals surface area contributed by atoms with Crippen molar-refractivity contribution in [2.75, 3.05) is 11.9 Å². The van der Waals surface area contributed by atoms with E-state index in [0.29, 0.717) is 22.3 Å². The normalized spacial score (nSPS) is 9.85. The first-order valence-electron chi connectivity index (χ1n) is 5.98. The first-order chi connectivity index (χ1) is 9.72. The maximum Gasteiger partial charge on any atom is 0.174 e. The van der Waals surface area contributed by atoms with E-state index in [2.05, 4.69) is 5.32 Å². The molecule has 0 bridgehead atoms. The van der Waals surface area contributed by atoms with Gasteiger partial charge in [0.2, 0.25) is 0 Å². The topological polar surface area (TPSA) is 45.0 Å². The van der Waals surface area contributed by atoms with Crippen LogP contribution in [0.25, 0.3) is 0 Å². The third kappa shape index (κ3) is 3.57. The molecule has 0 atom stereocenters. The maximum atomic E-state index is 8.57. The lowest BCUT2D eigenvalue weighted by molar-refractivity contribution is 0.364. The summed E-state index contributed by atoms with van der Waals surface area (Å²) >= 11 is 12.1. The van der Waals surface area contributed by atoms with Crippen LogP contribution in [0.5, 0.6) is 5.75 Å². The number of ether oxygens (including phenoxy) is 1. The van der Waals surface area contributed by atoms with Gasteiger partial charge in [0.15, 0.2) is 6.61 Å². The van der Waals surface area contributed by atoms with Crippen LogP contribution in [0.4, 0.5) is 5.69 Å². The minimum atomic E-state index is 0.0228. The van der Waals surface area contributed by atoms with Gasteiger partial charge in [0.25, 0.3) is 0 Å². The average Bonchev–Trinajstić information content (AvgIpc) is 2.47. The molecule has 0 heterocycles. The lowest BCUT2D eigenvalue weighted by atomic mass is 10.2. The maximum absolute atomic E-state index is 8.57. The van der Waals surface area contributed by atoms with Crippen LogP contribution in [-0.4, -0.2) is 6.61 Å². The van der Waals surface area contributed by atoms with Crippen molar-refractivity contribution >= 4 is 28.9 Å². The van der Waals surface area contributed by atoms with E-state index < -0.39 is 0 Å². The van der Waals surface area contributed by atoms with Crippen molar-refractivity contribution in [1.82, 2.24) is 0 Å². The van der Waals surface area contributed by atoms with Crippen LogP contribution in [-0.2, 0) is 6.54 Å². The summed E-state index contributed by atoms with van der Waals surface area (Å²) in [5.41, 5.74) is 1.70. The van der Waals surface area contributed by atoms with Crippen LogP contribution in [0.1, 0.15) is 5.56 Å². The summed E-state index contributed by atoms with van der Waals surface area (Å²) in [6, 6.07) is 14.9. The fraction of sp³-hybridized carbons (Fsp3) is 0.133. The average molecular weight is 307 g/mol. The molecule has 0 spiro atoms. The molecule has 3 nitrogen and oxygen atoms in total. The van der Waals surface area contributed by atoms with Gasteiger partial charge in [-0.05, 0) is 18.2 Å². The van der Waals surface area contributed by atoms with E-state index in [9.17, 15) is 0 Å². The molecule has 2 aromatic carbocycles. The van der Waals surface area contributed by atoms with E-state index in [1.807, 2.05) is 42.5 Å². The number of nitriles is 1.